The molecule has 1 unspecified atom stereocenters. The van der Waals surface area contributed by atoms with Crippen LogP contribution in [0.2, 0.25) is 0 Å². The van der Waals surface area contributed by atoms with Crippen molar-refractivity contribution in [2.45, 2.75) is 18.6 Å². The number of benzene rings is 1. The molecule has 2 atom stereocenters. The largest absolute Gasteiger partial charge is 0.367 e. The second kappa shape index (κ2) is 7.97. The molecule has 6 nitrogen and oxygen atoms in total. The average Bonchev–Trinajstić information content (AvgIpc) is 2.47. The average molecular weight is 314 g/mol. The molecule has 1 aromatic rings. The number of amides is 2. The highest BCUT2D eigenvalue weighted by Crippen LogP contribution is 2.09. The van der Waals surface area contributed by atoms with Crippen molar-refractivity contribution in [3.8, 4) is 0 Å². The molecule has 4 N–H and O–H groups in total. The molecule has 116 valence electrons. The summed E-state index contributed by atoms with van der Waals surface area (Å²) in [5.74, 6) is -0.734. The van der Waals surface area contributed by atoms with Crippen LogP contribution in [0.25, 0.3) is 0 Å². The Bertz CT molecular complexity index is 484. The summed E-state index contributed by atoms with van der Waals surface area (Å²) in [4.78, 5) is 24.9. The van der Waals surface area contributed by atoms with Crippen LogP contribution in [-0.4, -0.2) is 48.6 Å². The third-order valence-corrected chi connectivity index (χ3v) is 3.31. The van der Waals surface area contributed by atoms with Gasteiger partial charge in [-0.2, -0.15) is 0 Å². The van der Waals surface area contributed by atoms with E-state index in [2.05, 4.69) is 0 Å². The number of primary amides is 1. The summed E-state index contributed by atoms with van der Waals surface area (Å²) in [7, 11) is 0. The first-order chi connectivity index (χ1) is 9.58. The third-order valence-electron chi connectivity index (χ3n) is 3.31. The Morgan fingerprint density at radius 1 is 1.33 bits per heavy atom. The molecular weight excluding hydrogens is 294 g/mol. The smallest absolute Gasteiger partial charge is 0.248 e. The Balaban J connectivity index is 0.00000220. The summed E-state index contributed by atoms with van der Waals surface area (Å²) >= 11 is 0. The molecule has 0 spiro atoms. The minimum atomic E-state index is -0.739. The van der Waals surface area contributed by atoms with E-state index < -0.39 is 18.1 Å². The number of carbonyl (C=O) groups excluding carboxylic acids is 2. The zero-order chi connectivity index (χ0) is 14.5. The van der Waals surface area contributed by atoms with Crippen LogP contribution in [0.15, 0.2) is 30.3 Å². The summed E-state index contributed by atoms with van der Waals surface area (Å²) < 4.78 is 5.21. The van der Waals surface area contributed by atoms with E-state index in [-0.39, 0.29) is 24.9 Å². The Labute approximate surface area is 129 Å². The van der Waals surface area contributed by atoms with Gasteiger partial charge in [-0.15, -0.1) is 12.4 Å². The van der Waals surface area contributed by atoms with E-state index in [1.807, 2.05) is 30.3 Å². The summed E-state index contributed by atoms with van der Waals surface area (Å²) in [5.41, 5.74) is 12.2. The minimum Gasteiger partial charge on any atom is -0.367 e. The standard InChI is InChI=1S/C14H19N3O3.ClH/c15-11(8-10-4-2-1-3-5-10)14(19)17-6-7-20-12(9-17)13(16)18;/h1-5,11-12H,6-9,15H2,(H2,16,18);1H/t11-,12?;/m0./s1. The zero-order valence-electron chi connectivity index (χ0n) is 11.6. The molecule has 1 heterocycles. The van der Waals surface area contributed by atoms with Crippen LogP contribution in [0.3, 0.4) is 0 Å². The van der Waals surface area contributed by atoms with Gasteiger partial charge in [0.15, 0.2) is 6.10 Å². The van der Waals surface area contributed by atoms with Gasteiger partial charge in [-0.25, -0.2) is 0 Å². The lowest BCUT2D eigenvalue weighted by molar-refractivity contribution is -0.146. The minimum absolute atomic E-state index is 0. The molecule has 1 fully saturated rings. The molecule has 0 radical (unpaired) electrons. The van der Waals surface area contributed by atoms with Gasteiger partial charge >= 0.3 is 0 Å². The first-order valence-electron chi connectivity index (χ1n) is 6.57. The van der Waals surface area contributed by atoms with Gasteiger partial charge in [-0.05, 0) is 12.0 Å². The van der Waals surface area contributed by atoms with E-state index in [4.69, 9.17) is 16.2 Å². The third kappa shape index (κ3) is 4.70. The fourth-order valence-electron chi connectivity index (χ4n) is 2.21. The summed E-state index contributed by atoms with van der Waals surface area (Å²) in [6, 6.07) is 8.96. The Morgan fingerprint density at radius 3 is 2.62 bits per heavy atom. The van der Waals surface area contributed by atoms with E-state index in [9.17, 15) is 9.59 Å². The molecule has 7 heteroatoms. The van der Waals surface area contributed by atoms with E-state index in [0.29, 0.717) is 19.6 Å². The van der Waals surface area contributed by atoms with Gasteiger partial charge in [0, 0.05) is 6.54 Å². The molecule has 1 aliphatic rings. The molecule has 0 aromatic heterocycles. The van der Waals surface area contributed by atoms with Crippen molar-refractivity contribution in [3.63, 3.8) is 0 Å². The number of hydrogen-bond acceptors (Lipinski definition) is 4. The van der Waals surface area contributed by atoms with Gasteiger partial charge in [0.1, 0.15) is 0 Å². The van der Waals surface area contributed by atoms with Crippen molar-refractivity contribution in [1.29, 1.82) is 0 Å². The number of morpholine rings is 1. The van der Waals surface area contributed by atoms with E-state index in [0.717, 1.165) is 5.56 Å². The second-order valence-corrected chi connectivity index (χ2v) is 4.84. The van der Waals surface area contributed by atoms with Crippen LogP contribution >= 0.6 is 12.4 Å². The van der Waals surface area contributed by atoms with E-state index in [1.165, 1.54) is 0 Å². The topological polar surface area (TPSA) is 98.7 Å². The van der Waals surface area contributed by atoms with Crippen LogP contribution in [0.1, 0.15) is 5.56 Å². The molecule has 0 saturated carbocycles. The number of carbonyl (C=O) groups is 2. The van der Waals surface area contributed by atoms with Crippen LogP contribution in [0.4, 0.5) is 0 Å². The van der Waals surface area contributed by atoms with Crippen LogP contribution in [-0.2, 0) is 20.7 Å². The molecule has 1 aliphatic heterocycles. The first-order valence-corrected chi connectivity index (χ1v) is 6.57. The predicted molar refractivity (Wildman–Crippen MR) is 80.9 cm³/mol. The van der Waals surface area contributed by atoms with Gasteiger partial charge in [0.2, 0.25) is 11.8 Å². The highest BCUT2D eigenvalue weighted by molar-refractivity contribution is 5.85. The maximum Gasteiger partial charge on any atom is 0.248 e. The molecule has 21 heavy (non-hydrogen) atoms. The number of nitrogens with two attached hydrogens (primary N) is 2. The van der Waals surface area contributed by atoms with Crippen LogP contribution < -0.4 is 11.5 Å². The van der Waals surface area contributed by atoms with Crippen LogP contribution in [0, 0.1) is 0 Å². The van der Waals surface area contributed by atoms with E-state index in [1.54, 1.807) is 4.90 Å². The number of hydrogen-bond donors (Lipinski definition) is 2. The number of halogens is 1. The second-order valence-electron chi connectivity index (χ2n) is 4.84. The van der Waals surface area contributed by atoms with Crippen molar-refractivity contribution in [2.75, 3.05) is 19.7 Å². The Hall–Kier alpha value is -1.63. The van der Waals surface area contributed by atoms with Gasteiger partial charge in [-0.3, -0.25) is 9.59 Å². The Morgan fingerprint density at radius 2 is 2.00 bits per heavy atom. The lowest BCUT2D eigenvalue weighted by Gasteiger charge is -2.33. The van der Waals surface area contributed by atoms with Gasteiger partial charge in [0.25, 0.3) is 0 Å². The monoisotopic (exact) mass is 313 g/mol. The Kier molecular flexibility index (Phi) is 6.61. The molecular formula is C14H20ClN3O3. The highest BCUT2D eigenvalue weighted by atomic mass is 35.5. The van der Waals surface area contributed by atoms with Crippen molar-refractivity contribution in [1.82, 2.24) is 4.90 Å². The molecule has 1 saturated heterocycles. The lowest BCUT2D eigenvalue weighted by atomic mass is 10.1. The van der Waals surface area contributed by atoms with Crippen molar-refractivity contribution in [2.24, 2.45) is 11.5 Å². The number of ether oxygens (including phenoxy) is 1. The maximum absolute atomic E-state index is 12.3. The van der Waals surface area contributed by atoms with E-state index >= 15 is 0 Å². The van der Waals surface area contributed by atoms with Gasteiger partial charge in [-0.1, -0.05) is 30.3 Å². The summed E-state index contributed by atoms with van der Waals surface area (Å²) in [6.45, 7) is 0.916. The van der Waals surface area contributed by atoms with Crippen molar-refractivity contribution in [3.05, 3.63) is 35.9 Å². The van der Waals surface area contributed by atoms with Crippen molar-refractivity contribution < 1.29 is 14.3 Å². The molecule has 1 aromatic carbocycles. The van der Waals surface area contributed by atoms with Crippen molar-refractivity contribution >= 4 is 24.2 Å². The molecule has 0 bridgehead atoms. The SMILES string of the molecule is Cl.NC(=O)C1CN(C(=O)[C@@H](N)Cc2ccccc2)CCO1. The fraction of sp³-hybridized carbons (Fsp3) is 0.429. The molecule has 2 amide bonds. The molecule has 0 aliphatic carbocycles. The molecule has 2 rings (SSSR count). The number of rotatable bonds is 4. The van der Waals surface area contributed by atoms with Crippen LogP contribution in [0.5, 0.6) is 0 Å². The zero-order valence-corrected chi connectivity index (χ0v) is 12.4. The maximum atomic E-state index is 12.3. The highest BCUT2D eigenvalue weighted by Gasteiger charge is 2.30. The predicted octanol–water partition coefficient (Wildman–Crippen LogP) is -0.309. The summed E-state index contributed by atoms with van der Waals surface area (Å²) in [6.07, 6.45) is -0.269. The quantitative estimate of drug-likeness (QED) is 0.796. The lowest BCUT2D eigenvalue weighted by Crippen LogP contribution is -2.54. The normalized spacial score (nSPS) is 19.5. The van der Waals surface area contributed by atoms with Gasteiger partial charge in [0.05, 0.1) is 19.2 Å². The summed E-state index contributed by atoms with van der Waals surface area (Å²) in [5, 5.41) is 0. The van der Waals surface area contributed by atoms with Gasteiger partial charge < -0.3 is 21.1 Å². The first kappa shape index (κ1) is 17.4. The fourth-order valence-corrected chi connectivity index (χ4v) is 2.21. The number of nitrogens with zero attached hydrogens (tertiary/aromatic N) is 1.